The first-order valence-corrected chi connectivity index (χ1v) is 3.48. The van der Waals surface area contributed by atoms with Crippen molar-refractivity contribution < 1.29 is 4.39 Å². The van der Waals surface area contributed by atoms with Gasteiger partial charge in [-0.25, -0.2) is 4.39 Å². The minimum Gasteiger partial charge on any atom is -0.226 e. The first-order valence-electron chi connectivity index (χ1n) is 3.11. The van der Waals surface area contributed by atoms with Crippen molar-refractivity contribution in [3.63, 3.8) is 0 Å². The topological polar surface area (TPSA) is 0 Å². The Labute approximate surface area is 53.0 Å². The van der Waals surface area contributed by atoms with Crippen molar-refractivity contribution in [2.24, 2.45) is 11.8 Å². The predicted molar refractivity (Wildman–Crippen MR) is 30.5 cm³/mol. The first-order chi connectivity index (χ1) is 3.73. The van der Waals surface area contributed by atoms with E-state index in [4.69, 9.17) is 11.6 Å². The normalized spacial score (nSPS) is 60.8. The van der Waals surface area contributed by atoms with E-state index in [1.165, 1.54) is 6.42 Å². The van der Waals surface area contributed by atoms with E-state index >= 15 is 0 Å². The van der Waals surface area contributed by atoms with Gasteiger partial charge in [-0.2, -0.15) is 0 Å². The van der Waals surface area contributed by atoms with Gasteiger partial charge in [0.05, 0.1) is 0 Å². The van der Waals surface area contributed by atoms with Gasteiger partial charge in [-0.05, 0) is 12.8 Å². The monoisotopic (exact) mass is 134 g/mol. The van der Waals surface area contributed by atoms with Gasteiger partial charge in [0.1, 0.15) is 0 Å². The van der Waals surface area contributed by atoms with Gasteiger partial charge in [-0.15, -0.1) is 0 Å². The van der Waals surface area contributed by atoms with Crippen molar-refractivity contribution in [1.82, 2.24) is 0 Å². The van der Waals surface area contributed by atoms with Gasteiger partial charge in [0.25, 0.3) is 0 Å². The van der Waals surface area contributed by atoms with Crippen molar-refractivity contribution in [1.29, 1.82) is 0 Å². The van der Waals surface area contributed by atoms with E-state index in [-0.39, 0.29) is 11.8 Å². The molecule has 0 heterocycles. The van der Waals surface area contributed by atoms with Crippen molar-refractivity contribution in [3.8, 4) is 0 Å². The van der Waals surface area contributed by atoms with Gasteiger partial charge in [0.2, 0.25) is 0 Å². The van der Waals surface area contributed by atoms with Gasteiger partial charge in [-0.1, -0.05) is 18.0 Å². The molecule has 0 amide bonds. The number of fused-ring (bicyclic) bond motifs is 1. The molecule has 0 nitrogen and oxygen atoms in total. The molecule has 46 valence electrons. The summed E-state index contributed by atoms with van der Waals surface area (Å²) in [6, 6.07) is 0. The molecule has 2 rings (SSSR count). The van der Waals surface area contributed by atoms with Crippen LogP contribution < -0.4 is 0 Å². The smallest absolute Gasteiger partial charge is 0.190 e. The van der Waals surface area contributed by atoms with E-state index in [0.717, 1.165) is 12.8 Å². The van der Waals surface area contributed by atoms with Crippen LogP contribution in [0.1, 0.15) is 19.3 Å². The molecule has 0 aromatic carbocycles. The molecule has 0 aromatic rings. The summed E-state index contributed by atoms with van der Waals surface area (Å²) in [7, 11) is 0. The number of hydrogen-bond donors (Lipinski definition) is 0. The second-order valence-corrected chi connectivity index (χ2v) is 3.40. The molecule has 0 saturated heterocycles. The zero-order valence-corrected chi connectivity index (χ0v) is 5.29. The van der Waals surface area contributed by atoms with E-state index in [2.05, 4.69) is 0 Å². The zero-order chi connectivity index (χ0) is 5.78. The van der Waals surface area contributed by atoms with Gasteiger partial charge < -0.3 is 0 Å². The Hall–Kier alpha value is 0.220. The highest BCUT2D eigenvalue weighted by Crippen LogP contribution is 2.65. The van der Waals surface area contributed by atoms with Gasteiger partial charge in [0, 0.05) is 11.8 Å². The Morgan fingerprint density at radius 3 is 2.12 bits per heavy atom. The highest BCUT2D eigenvalue weighted by atomic mass is 35.5. The molecule has 3 atom stereocenters. The van der Waals surface area contributed by atoms with Crippen LogP contribution in [0.15, 0.2) is 0 Å². The third-order valence-electron chi connectivity index (χ3n) is 2.40. The highest BCUT2D eigenvalue weighted by molar-refractivity contribution is 6.25. The standard InChI is InChI=1S/C6H8ClF/c7-6(8)4-2-1-3-5(4)6/h4-5H,1-3H2/t4-,5+,6?. The van der Waals surface area contributed by atoms with Gasteiger partial charge in [-0.3, -0.25) is 0 Å². The zero-order valence-electron chi connectivity index (χ0n) is 4.53. The van der Waals surface area contributed by atoms with E-state index in [0.29, 0.717) is 0 Å². The maximum atomic E-state index is 12.7. The molecule has 0 bridgehead atoms. The fourth-order valence-corrected chi connectivity index (χ4v) is 2.26. The summed E-state index contributed by atoms with van der Waals surface area (Å²) in [5, 5.41) is -1.27. The number of hydrogen-bond acceptors (Lipinski definition) is 0. The average molecular weight is 135 g/mol. The third kappa shape index (κ3) is 0.415. The molecule has 1 unspecified atom stereocenters. The lowest BCUT2D eigenvalue weighted by Gasteiger charge is -1.98. The van der Waals surface area contributed by atoms with Gasteiger partial charge >= 0.3 is 0 Å². The van der Waals surface area contributed by atoms with Crippen molar-refractivity contribution in [2.45, 2.75) is 24.4 Å². The van der Waals surface area contributed by atoms with Crippen LogP contribution in [0.5, 0.6) is 0 Å². The second-order valence-electron chi connectivity index (χ2n) is 2.82. The van der Waals surface area contributed by atoms with E-state index < -0.39 is 5.13 Å². The molecule has 2 fully saturated rings. The summed E-state index contributed by atoms with van der Waals surface area (Å²) in [6.45, 7) is 0. The summed E-state index contributed by atoms with van der Waals surface area (Å²) in [6.07, 6.45) is 3.23. The Morgan fingerprint density at radius 1 is 1.38 bits per heavy atom. The molecule has 0 N–H and O–H groups in total. The molecule has 2 aliphatic rings. The predicted octanol–water partition coefficient (Wildman–Crippen LogP) is 2.32. The lowest BCUT2D eigenvalue weighted by Crippen LogP contribution is -1.96. The lowest BCUT2D eigenvalue weighted by molar-refractivity contribution is 0.350. The van der Waals surface area contributed by atoms with E-state index in [1.807, 2.05) is 0 Å². The maximum absolute atomic E-state index is 12.7. The first kappa shape index (κ1) is 5.04. The largest absolute Gasteiger partial charge is 0.226 e. The van der Waals surface area contributed by atoms with E-state index in [9.17, 15) is 4.39 Å². The molecule has 0 aromatic heterocycles. The summed E-state index contributed by atoms with van der Waals surface area (Å²) < 4.78 is 12.7. The molecule has 0 aliphatic heterocycles. The Bertz CT molecular complexity index is 110. The minimum absolute atomic E-state index is 0.226. The molecule has 0 spiro atoms. The Morgan fingerprint density at radius 2 is 1.88 bits per heavy atom. The second kappa shape index (κ2) is 1.21. The minimum atomic E-state index is -1.27. The third-order valence-corrected chi connectivity index (χ3v) is 2.96. The van der Waals surface area contributed by atoms with Crippen molar-refractivity contribution >= 4 is 11.6 Å². The average Bonchev–Trinajstić information content (AvgIpc) is 2.22. The SMILES string of the molecule is FC1(Cl)[C@@H]2CCC[C@@H]21. The van der Waals surface area contributed by atoms with Crippen LogP contribution in [0.25, 0.3) is 0 Å². The number of rotatable bonds is 0. The molecule has 2 aliphatic carbocycles. The molecular weight excluding hydrogens is 127 g/mol. The van der Waals surface area contributed by atoms with Crippen LogP contribution in [-0.2, 0) is 0 Å². The summed E-state index contributed by atoms with van der Waals surface area (Å²) in [5.41, 5.74) is 0. The summed E-state index contributed by atoms with van der Waals surface area (Å²) in [5.74, 6) is 0.452. The molecule has 2 heteroatoms. The lowest BCUT2D eigenvalue weighted by atomic mass is 10.2. The quantitative estimate of drug-likeness (QED) is 0.446. The maximum Gasteiger partial charge on any atom is 0.190 e. The number of alkyl halides is 2. The fraction of sp³-hybridized carbons (Fsp3) is 1.00. The molecular formula is C6H8ClF. The van der Waals surface area contributed by atoms with Crippen molar-refractivity contribution in [3.05, 3.63) is 0 Å². The molecule has 8 heavy (non-hydrogen) atoms. The van der Waals surface area contributed by atoms with Gasteiger partial charge in [0.15, 0.2) is 5.13 Å². The van der Waals surface area contributed by atoms with Crippen LogP contribution in [-0.4, -0.2) is 5.13 Å². The van der Waals surface area contributed by atoms with Crippen LogP contribution >= 0.6 is 11.6 Å². The fourth-order valence-electron chi connectivity index (χ4n) is 1.81. The molecule has 0 radical (unpaired) electrons. The summed E-state index contributed by atoms with van der Waals surface area (Å²) >= 11 is 5.44. The van der Waals surface area contributed by atoms with E-state index in [1.54, 1.807) is 0 Å². The Kier molecular flexibility index (Phi) is 0.760. The van der Waals surface area contributed by atoms with Crippen molar-refractivity contribution in [2.75, 3.05) is 0 Å². The van der Waals surface area contributed by atoms with Crippen LogP contribution in [0.4, 0.5) is 4.39 Å². The summed E-state index contributed by atoms with van der Waals surface area (Å²) in [4.78, 5) is 0. The Balaban J connectivity index is 2.13. The number of halogens is 2. The van der Waals surface area contributed by atoms with Crippen LogP contribution in [0, 0.1) is 11.8 Å². The molecule has 2 saturated carbocycles. The highest BCUT2D eigenvalue weighted by Gasteiger charge is 2.66. The van der Waals surface area contributed by atoms with Crippen LogP contribution in [0.2, 0.25) is 0 Å². The van der Waals surface area contributed by atoms with Crippen LogP contribution in [0.3, 0.4) is 0 Å².